The Bertz CT molecular complexity index is 331. The van der Waals surface area contributed by atoms with E-state index in [9.17, 15) is 0 Å². The van der Waals surface area contributed by atoms with Crippen LogP contribution in [0.3, 0.4) is 0 Å². The van der Waals surface area contributed by atoms with Crippen LogP contribution in [0.5, 0.6) is 0 Å². The lowest BCUT2D eigenvalue weighted by Crippen LogP contribution is -2.53. The molecule has 3 unspecified atom stereocenters. The summed E-state index contributed by atoms with van der Waals surface area (Å²) in [6.07, 6.45) is 17.1. The molecule has 0 aromatic heterocycles. The van der Waals surface area contributed by atoms with Crippen LogP contribution in [0.15, 0.2) is 0 Å². The van der Waals surface area contributed by atoms with Gasteiger partial charge in [-0.05, 0) is 56.8 Å². The van der Waals surface area contributed by atoms with Gasteiger partial charge in [0.2, 0.25) is 0 Å². The van der Waals surface area contributed by atoms with Gasteiger partial charge in [-0.2, -0.15) is 0 Å². The minimum Gasteiger partial charge on any atom is -0.375 e. The summed E-state index contributed by atoms with van der Waals surface area (Å²) in [4.78, 5) is 0. The molecule has 0 bridgehead atoms. The molecule has 0 amide bonds. The van der Waals surface area contributed by atoms with Crippen LogP contribution in [-0.4, -0.2) is 17.7 Å². The fraction of sp³-hybridized carbons (Fsp3) is 1.00. The highest BCUT2D eigenvalue weighted by Gasteiger charge is 2.45. The smallest absolute Gasteiger partial charge is 0.0685 e. The van der Waals surface area contributed by atoms with Crippen molar-refractivity contribution < 1.29 is 4.74 Å². The standard InChI is InChI=1S/C19H35NO/c1-2-16-7-6-12-19(20,13-8-16)17-9-14-21-18(15-17)10-4-3-5-11-18/h16-17H,2-15,20H2,1H3. The normalized spacial score (nSPS) is 40.9. The van der Waals surface area contributed by atoms with Gasteiger partial charge in [-0.3, -0.25) is 0 Å². The zero-order chi connectivity index (χ0) is 14.8. The zero-order valence-corrected chi connectivity index (χ0v) is 14.0. The third-order valence-corrected chi connectivity index (χ3v) is 6.92. The van der Waals surface area contributed by atoms with Gasteiger partial charge in [0, 0.05) is 12.1 Å². The van der Waals surface area contributed by atoms with Crippen LogP contribution in [0.25, 0.3) is 0 Å². The number of hydrogen-bond donors (Lipinski definition) is 1. The van der Waals surface area contributed by atoms with Gasteiger partial charge in [0.25, 0.3) is 0 Å². The molecule has 1 saturated heterocycles. The molecule has 1 aliphatic heterocycles. The Labute approximate surface area is 131 Å². The van der Waals surface area contributed by atoms with Gasteiger partial charge in [-0.25, -0.2) is 0 Å². The maximum Gasteiger partial charge on any atom is 0.0685 e. The van der Waals surface area contributed by atoms with Crippen molar-refractivity contribution in [1.82, 2.24) is 0 Å². The lowest BCUT2D eigenvalue weighted by molar-refractivity contribution is -0.128. The Morgan fingerprint density at radius 3 is 2.52 bits per heavy atom. The average Bonchev–Trinajstić information content (AvgIpc) is 2.71. The van der Waals surface area contributed by atoms with Crippen LogP contribution < -0.4 is 5.73 Å². The summed E-state index contributed by atoms with van der Waals surface area (Å²) in [5.74, 6) is 1.64. The van der Waals surface area contributed by atoms with Crippen LogP contribution in [0.4, 0.5) is 0 Å². The molecule has 3 fully saturated rings. The fourth-order valence-corrected chi connectivity index (χ4v) is 5.34. The van der Waals surface area contributed by atoms with Crippen molar-refractivity contribution in [2.45, 2.75) is 102 Å². The highest BCUT2D eigenvalue weighted by molar-refractivity contribution is 5.00. The highest BCUT2D eigenvalue weighted by atomic mass is 16.5. The monoisotopic (exact) mass is 293 g/mol. The molecule has 122 valence electrons. The fourth-order valence-electron chi connectivity index (χ4n) is 5.34. The molecule has 2 N–H and O–H groups in total. The van der Waals surface area contributed by atoms with Crippen LogP contribution in [-0.2, 0) is 4.74 Å². The van der Waals surface area contributed by atoms with E-state index >= 15 is 0 Å². The van der Waals surface area contributed by atoms with Crippen molar-refractivity contribution in [3.63, 3.8) is 0 Å². The van der Waals surface area contributed by atoms with Gasteiger partial charge in [0.15, 0.2) is 0 Å². The summed E-state index contributed by atoms with van der Waals surface area (Å²) in [5.41, 5.74) is 7.31. The summed E-state index contributed by atoms with van der Waals surface area (Å²) in [6.45, 7) is 3.31. The average molecular weight is 293 g/mol. The summed E-state index contributed by atoms with van der Waals surface area (Å²) in [5, 5.41) is 0. The molecule has 3 aliphatic rings. The molecule has 2 heteroatoms. The Kier molecular flexibility index (Phi) is 4.95. The van der Waals surface area contributed by atoms with E-state index in [1.165, 1.54) is 83.5 Å². The first-order chi connectivity index (χ1) is 10.2. The van der Waals surface area contributed by atoms with Crippen LogP contribution >= 0.6 is 0 Å². The molecule has 2 saturated carbocycles. The van der Waals surface area contributed by atoms with Crippen molar-refractivity contribution in [2.24, 2.45) is 17.6 Å². The Morgan fingerprint density at radius 2 is 1.76 bits per heavy atom. The minimum atomic E-state index is 0.109. The molecule has 3 rings (SSSR count). The second-order valence-corrected chi connectivity index (χ2v) is 8.22. The van der Waals surface area contributed by atoms with Gasteiger partial charge >= 0.3 is 0 Å². The van der Waals surface area contributed by atoms with Crippen molar-refractivity contribution in [2.75, 3.05) is 6.61 Å². The first-order valence-electron chi connectivity index (χ1n) is 9.59. The molecular formula is C19H35NO. The first-order valence-corrected chi connectivity index (χ1v) is 9.59. The minimum absolute atomic E-state index is 0.109. The van der Waals surface area contributed by atoms with E-state index in [4.69, 9.17) is 10.5 Å². The predicted molar refractivity (Wildman–Crippen MR) is 88.3 cm³/mol. The SMILES string of the molecule is CCC1CCCC(N)(C2CCOC3(CCCCC3)C2)CC1. The van der Waals surface area contributed by atoms with E-state index in [0.29, 0.717) is 5.92 Å². The first kappa shape index (κ1) is 15.8. The second-order valence-electron chi connectivity index (χ2n) is 8.22. The summed E-state index contributed by atoms with van der Waals surface area (Å²) >= 11 is 0. The van der Waals surface area contributed by atoms with Gasteiger partial charge in [-0.1, -0.05) is 45.4 Å². The third kappa shape index (κ3) is 3.47. The second kappa shape index (κ2) is 6.58. The van der Waals surface area contributed by atoms with Crippen LogP contribution in [0, 0.1) is 11.8 Å². The molecule has 0 aromatic rings. The molecular weight excluding hydrogens is 258 g/mol. The summed E-state index contributed by atoms with van der Waals surface area (Å²) in [6, 6.07) is 0. The molecule has 3 atom stereocenters. The molecule has 0 aromatic carbocycles. The number of rotatable bonds is 2. The molecule has 2 aliphatic carbocycles. The van der Waals surface area contributed by atoms with Crippen molar-refractivity contribution >= 4 is 0 Å². The maximum absolute atomic E-state index is 6.99. The van der Waals surface area contributed by atoms with Gasteiger partial charge in [0.05, 0.1) is 5.60 Å². The van der Waals surface area contributed by atoms with Crippen LogP contribution in [0.2, 0.25) is 0 Å². The Morgan fingerprint density at radius 1 is 0.952 bits per heavy atom. The van der Waals surface area contributed by atoms with Gasteiger partial charge in [-0.15, -0.1) is 0 Å². The topological polar surface area (TPSA) is 35.2 Å². The van der Waals surface area contributed by atoms with E-state index in [2.05, 4.69) is 6.92 Å². The molecule has 0 radical (unpaired) electrons. The van der Waals surface area contributed by atoms with E-state index < -0.39 is 0 Å². The van der Waals surface area contributed by atoms with Gasteiger partial charge in [0.1, 0.15) is 0 Å². The van der Waals surface area contributed by atoms with Crippen LogP contribution in [0.1, 0.15) is 90.4 Å². The number of ether oxygens (including phenoxy) is 1. The summed E-state index contributed by atoms with van der Waals surface area (Å²) < 4.78 is 6.29. The van der Waals surface area contributed by atoms with E-state index in [1.807, 2.05) is 0 Å². The predicted octanol–water partition coefficient (Wildman–Crippen LogP) is 4.80. The quantitative estimate of drug-likeness (QED) is 0.742. The van der Waals surface area contributed by atoms with Gasteiger partial charge < -0.3 is 10.5 Å². The summed E-state index contributed by atoms with van der Waals surface area (Å²) in [7, 11) is 0. The molecule has 1 heterocycles. The highest BCUT2D eigenvalue weighted by Crippen LogP contribution is 2.46. The van der Waals surface area contributed by atoms with E-state index in [1.54, 1.807) is 0 Å². The van der Waals surface area contributed by atoms with E-state index in [-0.39, 0.29) is 11.1 Å². The lowest BCUT2D eigenvalue weighted by Gasteiger charge is -2.49. The molecule has 2 nitrogen and oxygen atoms in total. The van der Waals surface area contributed by atoms with Crippen molar-refractivity contribution in [3.05, 3.63) is 0 Å². The Balaban J connectivity index is 1.67. The maximum atomic E-state index is 6.99. The number of nitrogens with two attached hydrogens (primary N) is 1. The molecule has 21 heavy (non-hydrogen) atoms. The zero-order valence-electron chi connectivity index (χ0n) is 14.0. The lowest BCUT2D eigenvalue weighted by atomic mass is 9.67. The number of hydrogen-bond acceptors (Lipinski definition) is 2. The third-order valence-electron chi connectivity index (χ3n) is 6.92. The van der Waals surface area contributed by atoms with Crippen molar-refractivity contribution in [1.29, 1.82) is 0 Å². The van der Waals surface area contributed by atoms with Crippen molar-refractivity contribution in [3.8, 4) is 0 Å². The Hall–Kier alpha value is -0.0800. The molecule has 1 spiro atoms. The van der Waals surface area contributed by atoms with E-state index in [0.717, 1.165) is 12.5 Å². The largest absolute Gasteiger partial charge is 0.375 e.